The summed E-state index contributed by atoms with van der Waals surface area (Å²) in [5, 5.41) is 3.46. The highest BCUT2D eigenvalue weighted by atomic mass is 79.9. The molecule has 0 aliphatic carbocycles. The summed E-state index contributed by atoms with van der Waals surface area (Å²) >= 11 is 4.37. The number of sulfone groups is 1. The lowest BCUT2D eigenvalue weighted by Gasteiger charge is -2.10. The molecule has 0 aliphatic heterocycles. The molecule has 0 aliphatic rings. The van der Waals surface area contributed by atoms with Gasteiger partial charge < -0.3 is 11.1 Å². The molecule has 4 aromatic rings. The van der Waals surface area contributed by atoms with Crippen LogP contribution in [0.2, 0.25) is 0 Å². The van der Waals surface area contributed by atoms with Gasteiger partial charge in [-0.1, -0.05) is 63.5 Å². The predicted molar refractivity (Wildman–Crippen MR) is 137 cm³/mol. The van der Waals surface area contributed by atoms with Crippen LogP contribution in [0.5, 0.6) is 0 Å². The lowest BCUT2D eigenvalue weighted by atomic mass is 10.1. The average Bonchev–Trinajstić information content (AvgIpc) is 3.12. The summed E-state index contributed by atoms with van der Waals surface area (Å²) in [5.41, 5.74) is 9.55. The van der Waals surface area contributed by atoms with Crippen LogP contribution in [0, 0.1) is 13.8 Å². The molecule has 0 unspecified atom stereocenters. The molecular formula is C25H21BrN2O3S2. The summed E-state index contributed by atoms with van der Waals surface area (Å²) in [6.07, 6.45) is 0. The third-order valence-electron chi connectivity index (χ3n) is 5.12. The van der Waals surface area contributed by atoms with Crippen LogP contribution in [-0.4, -0.2) is 14.2 Å². The van der Waals surface area contributed by atoms with E-state index in [1.807, 2.05) is 50.2 Å². The molecule has 4 rings (SSSR count). The van der Waals surface area contributed by atoms with Crippen LogP contribution >= 0.6 is 27.3 Å². The molecular weight excluding hydrogens is 520 g/mol. The zero-order valence-electron chi connectivity index (χ0n) is 17.9. The van der Waals surface area contributed by atoms with Crippen LogP contribution in [0.25, 0.3) is 0 Å². The normalized spacial score (nSPS) is 11.4. The first-order valence-corrected chi connectivity index (χ1v) is 13.1. The van der Waals surface area contributed by atoms with Gasteiger partial charge in [0.1, 0.15) is 14.8 Å². The Bertz CT molecular complexity index is 1430. The average molecular weight is 541 g/mol. The van der Waals surface area contributed by atoms with E-state index in [0.29, 0.717) is 16.3 Å². The van der Waals surface area contributed by atoms with Gasteiger partial charge in [0, 0.05) is 15.7 Å². The molecule has 0 amide bonds. The number of rotatable bonds is 6. The number of carbonyl (C=O) groups is 1. The maximum absolute atomic E-state index is 13.6. The Balaban J connectivity index is 1.87. The van der Waals surface area contributed by atoms with Gasteiger partial charge in [0.2, 0.25) is 15.6 Å². The number of carbonyl (C=O) groups excluding carboxylic acids is 1. The molecule has 33 heavy (non-hydrogen) atoms. The van der Waals surface area contributed by atoms with Gasteiger partial charge in [0.05, 0.1) is 10.6 Å². The second-order valence-electron chi connectivity index (χ2n) is 7.65. The van der Waals surface area contributed by atoms with E-state index in [-0.39, 0.29) is 26.1 Å². The Kier molecular flexibility index (Phi) is 6.43. The maximum atomic E-state index is 13.6. The third-order valence-corrected chi connectivity index (χ3v) is 8.75. The van der Waals surface area contributed by atoms with Gasteiger partial charge in [-0.05, 0) is 50.2 Å². The van der Waals surface area contributed by atoms with E-state index in [9.17, 15) is 13.2 Å². The third kappa shape index (κ3) is 4.73. The van der Waals surface area contributed by atoms with E-state index in [4.69, 9.17) is 5.73 Å². The number of aryl methyl sites for hydroxylation is 2. The van der Waals surface area contributed by atoms with Crippen LogP contribution in [0.1, 0.15) is 26.4 Å². The van der Waals surface area contributed by atoms with Gasteiger partial charge >= 0.3 is 0 Å². The number of thiophene rings is 1. The first-order valence-electron chi connectivity index (χ1n) is 10.0. The molecule has 0 bridgehead atoms. The summed E-state index contributed by atoms with van der Waals surface area (Å²) < 4.78 is 28.0. The Morgan fingerprint density at radius 3 is 2.00 bits per heavy atom. The van der Waals surface area contributed by atoms with Crippen molar-refractivity contribution in [2.75, 3.05) is 11.1 Å². The van der Waals surface area contributed by atoms with Gasteiger partial charge in [-0.3, -0.25) is 4.79 Å². The highest BCUT2D eigenvalue weighted by Crippen LogP contribution is 2.44. The SMILES string of the molecule is Cc1ccc(Nc2sc(C(=O)c3ccc(C)cc3)c(N)c2S(=O)(=O)c2ccc(Br)cc2)cc1. The van der Waals surface area contributed by atoms with Crippen molar-refractivity contribution >= 4 is 59.3 Å². The Morgan fingerprint density at radius 1 is 0.879 bits per heavy atom. The van der Waals surface area contributed by atoms with Crippen molar-refractivity contribution in [2.45, 2.75) is 23.6 Å². The molecule has 0 saturated heterocycles. The van der Waals surface area contributed by atoms with E-state index in [2.05, 4.69) is 21.2 Å². The van der Waals surface area contributed by atoms with Crippen LogP contribution in [0.3, 0.4) is 0 Å². The summed E-state index contributed by atoms with van der Waals surface area (Å²) in [6.45, 7) is 3.90. The van der Waals surface area contributed by atoms with Crippen molar-refractivity contribution in [1.29, 1.82) is 0 Å². The summed E-state index contributed by atoms with van der Waals surface area (Å²) in [7, 11) is -4.00. The van der Waals surface area contributed by atoms with Gasteiger partial charge in [0.25, 0.3) is 0 Å². The minimum absolute atomic E-state index is 0.0527. The molecule has 5 nitrogen and oxygen atoms in total. The van der Waals surface area contributed by atoms with E-state index in [0.717, 1.165) is 26.9 Å². The predicted octanol–water partition coefficient (Wildman–Crippen LogP) is 6.52. The monoisotopic (exact) mass is 540 g/mol. The Hall–Kier alpha value is -2.94. The number of nitrogens with one attached hydrogen (secondary N) is 1. The first kappa shape index (κ1) is 23.2. The quantitative estimate of drug-likeness (QED) is 0.272. The van der Waals surface area contributed by atoms with Crippen molar-refractivity contribution in [3.8, 4) is 0 Å². The van der Waals surface area contributed by atoms with E-state index in [1.54, 1.807) is 24.3 Å². The number of hydrogen-bond acceptors (Lipinski definition) is 6. The van der Waals surface area contributed by atoms with Crippen molar-refractivity contribution in [2.24, 2.45) is 0 Å². The van der Waals surface area contributed by atoms with Gasteiger partial charge in [-0.25, -0.2) is 8.42 Å². The second-order valence-corrected chi connectivity index (χ2v) is 11.5. The molecule has 1 heterocycles. The number of halogens is 1. The largest absolute Gasteiger partial charge is 0.396 e. The standard InChI is InChI=1S/C25H21BrN2O3S2/c1-15-3-7-17(8-4-15)22(29)23-21(27)24(33(30,31)20-13-9-18(26)10-14-20)25(32-23)28-19-11-5-16(2)6-12-19/h3-14,28H,27H2,1-2H3. The highest BCUT2D eigenvalue weighted by Gasteiger charge is 2.31. The fourth-order valence-electron chi connectivity index (χ4n) is 3.28. The zero-order valence-corrected chi connectivity index (χ0v) is 21.1. The van der Waals surface area contributed by atoms with Crippen LogP contribution in [-0.2, 0) is 9.84 Å². The number of anilines is 3. The molecule has 0 atom stereocenters. The van der Waals surface area contributed by atoms with Crippen molar-refractivity contribution in [3.63, 3.8) is 0 Å². The molecule has 0 spiro atoms. The lowest BCUT2D eigenvalue weighted by molar-refractivity contribution is 0.104. The minimum Gasteiger partial charge on any atom is -0.396 e. The maximum Gasteiger partial charge on any atom is 0.211 e. The summed E-state index contributed by atoms with van der Waals surface area (Å²) in [6, 6.07) is 21.0. The molecule has 1 aromatic heterocycles. The lowest BCUT2D eigenvalue weighted by Crippen LogP contribution is -2.08. The van der Waals surface area contributed by atoms with Crippen LogP contribution in [0.4, 0.5) is 16.4 Å². The van der Waals surface area contributed by atoms with E-state index in [1.165, 1.54) is 12.1 Å². The molecule has 0 fully saturated rings. The molecule has 8 heteroatoms. The molecule has 3 N–H and O–H groups in total. The zero-order chi connectivity index (χ0) is 23.8. The number of nitrogen functional groups attached to an aromatic ring is 1. The number of nitrogens with two attached hydrogens (primary N) is 1. The fourth-order valence-corrected chi connectivity index (χ4v) is 6.48. The first-order chi connectivity index (χ1) is 15.7. The fraction of sp³-hybridized carbons (Fsp3) is 0.0800. The van der Waals surface area contributed by atoms with Crippen LogP contribution in [0.15, 0.2) is 87.1 Å². The number of ketones is 1. The van der Waals surface area contributed by atoms with Gasteiger partial charge in [-0.2, -0.15) is 0 Å². The Labute approximate surface area is 205 Å². The number of hydrogen-bond donors (Lipinski definition) is 2. The molecule has 0 saturated carbocycles. The van der Waals surface area contributed by atoms with E-state index < -0.39 is 9.84 Å². The highest BCUT2D eigenvalue weighted by molar-refractivity contribution is 9.10. The Morgan fingerprint density at radius 2 is 1.42 bits per heavy atom. The van der Waals surface area contributed by atoms with Crippen molar-refractivity contribution in [1.82, 2.24) is 0 Å². The van der Waals surface area contributed by atoms with Gasteiger partial charge in [-0.15, -0.1) is 11.3 Å². The molecule has 168 valence electrons. The minimum atomic E-state index is -4.00. The summed E-state index contributed by atoms with van der Waals surface area (Å²) in [5.74, 6) is -0.318. The molecule has 0 radical (unpaired) electrons. The van der Waals surface area contributed by atoms with Crippen molar-refractivity contribution < 1.29 is 13.2 Å². The van der Waals surface area contributed by atoms with E-state index >= 15 is 0 Å². The smallest absolute Gasteiger partial charge is 0.211 e. The van der Waals surface area contributed by atoms with Crippen LogP contribution < -0.4 is 11.1 Å². The number of benzene rings is 3. The summed E-state index contributed by atoms with van der Waals surface area (Å²) in [4.78, 5) is 13.4. The second kappa shape index (κ2) is 9.13. The topological polar surface area (TPSA) is 89.3 Å². The van der Waals surface area contributed by atoms with Gasteiger partial charge in [0.15, 0.2) is 0 Å². The van der Waals surface area contributed by atoms with Crippen molar-refractivity contribution in [3.05, 3.63) is 98.8 Å². The molecule has 3 aromatic carbocycles.